The van der Waals surface area contributed by atoms with Crippen molar-refractivity contribution in [1.82, 2.24) is 0 Å². The number of halogens is 2. The fourth-order valence-corrected chi connectivity index (χ4v) is 4.64. The molecule has 0 aromatic heterocycles. The van der Waals surface area contributed by atoms with Crippen molar-refractivity contribution in [3.05, 3.63) is 57.5 Å². The number of hydrogen-bond donors (Lipinski definition) is 1. The van der Waals surface area contributed by atoms with Gasteiger partial charge in [-0.1, -0.05) is 45.7 Å². The molecule has 1 aliphatic heterocycles. The molecular weight excluding hydrogens is 362 g/mol. The third-order valence-electron chi connectivity index (χ3n) is 3.27. The van der Waals surface area contributed by atoms with Crippen molar-refractivity contribution in [1.29, 1.82) is 0 Å². The quantitative estimate of drug-likeness (QED) is 0.865. The molecule has 2 aromatic rings. The van der Waals surface area contributed by atoms with Crippen LogP contribution >= 0.6 is 27.5 Å². The molecule has 0 amide bonds. The van der Waals surface area contributed by atoms with Crippen LogP contribution in [0.5, 0.6) is 0 Å². The second-order valence-electron chi connectivity index (χ2n) is 4.64. The molecule has 2 aromatic carbocycles. The van der Waals surface area contributed by atoms with Crippen LogP contribution in [0.1, 0.15) is 11.6 Å². The number of rotatable bonds is 2. The van der Waals surface area contributed by atoms with Gasteiger partial charge in [-0.2, -0.15) is 0 Å². The summed E-state index contributed by atoms with van der Waals surface area (Å²) in [6.45, 7) is 0. The van der Waals surface area contributed by atoms with Crippen molar-refractivity contribution in [2.75, 3.05) is 11.1 Å². The Kier molecular flexibility index (Phi) is 3.52. The minimum Gasteiger partial charge on any atom is -0.376 e. The summed E-state index contributed by atoms with van der Waals surface area (Å²) >= 11 is 9.52. The molecule has 0 saturated heterocycles. The highest BCUT2D eigenvalue weighted by Gasteiger charge is 2.34. The molecule has 0 fully saturated rings. The first-order chi connectivity index (χ1) is 9.47. The van der Waals surface area contributed by atoms with Gasteiger partial charge >= 0.3 is 0 Å². The van der Waals surface area contributed by atoms with Crippen LogP contribution in [0.3, 0.4) is 0 Å². The van der Waals surface area contributed by atoms with Crippen LogP contribution in [0.2, 0.25) is 5.02 Å². The second kappa shape index (κ2) is 5.06. The predicted molar refractivity (Wildman–Crippen MR) is 84.0 cm³/mol. The van der Waals surface area contributed by atoms with Gasteiger partial charge in [-0.25, -0.2) is 8.42 Å². The molecule has 1 aliphatic rings. The molecule has 104 valence electrons. The van der Waals surface area contributed by atoms with E-state index in [-0.39, 0.29) is 11.8 Å². The van der Waals surface area contributed by atoms with E-state index in [4.69, 9.17) is 11.6 Å². The molecule has 20 heavy (non-hydrogen) atoms. The van der Waals surface area contributed by atoms with E-state index in [1.807, 2.05) is 24.3 Å². The average molecular weight is 373 g/mol. The third kappa shape index (κ3) is 2.45. The Bertz CT molecular complexity index is 776. The highest BCUT2D eigenvalue weighted by atomic mass is 79.9. The van der Waals surface area contributed by atoms with Crippen molar-refractivity contribution in [2.24, 2.45) is 0 Å². The van der Waals surface area contributed by atoms with E-state index in [1.165, 1.54) is 0 Å². The standard InChI is InChI=1S/C14H11BrClNO2S/c15-9-5-6-11(16)12(7-9)17-13-8-20(18,19)14-4-2-1-3-10(13)14/h1-7,13,17H,8H2. The maximum absolute atomic E-state index is 12.1. The van der Waals surface area contributed by atoms with Gasteiger partial charge in [0.1, 0.15) is 0 Å². The molecule has 3 nitrogen and oxygen atoms in total. The Morgan fingerprint density at radius 1 is 1.20 bits per heavy atom. The van der Waals surface area contributed by atoms with Crippen molar-refractivity contribution >= 4 is 43.1 Å². The van der Waals surface area contributed by atoms with Gasteiger partial charge in [0.05, 0.1) is 27.4 Å². The Balaban J connectivity index is 2.00. The molecule has 1 N–H and O–H groups in total. The SMILES string of the molecule is O=S1(=O)CC(Nc2cc(Br)ccc2Cl)c2ccccc21. The highest BCUT2D eigenvalue weighted by Crippen LogP contribution is 2.37. The van der Waals surface area contributed by atoms with Gasteiger partial charge in [0.25, 0.3) is 0 Å². The van der Waals surface area contributed by atoms with Gasteiger partial charge in [-0.05, 0) is 29.8 Å². The van der Waals surface area contributed by atoms with E-state index < -0.39 is 9.84 Å². The lowest BCUT2D eigenvalue weighted by molar-refractivity contribution is 0.598. The minimum atomic E-state index is -3.22. The van der Waals surface area contributed by atoms with Crippen LogP contribution in [0.25, 0.3) is 0 Å². The van der Waals surface area contributed by atoms with Crippen LogP contribution in [0.15, 0.2) is 51.8 Å². The van der Waals surface area contributed by atoms with Crippen molar-refractivity contribution in [2.45, 2.75) is 10.9 Å². The zero-order chi connectivity index (χ0) is 14.3. The first-order valence-electron chi connectivity index (χ1n) is 6.01. The number of anilines is 1. The molecule has 3 rings (SSSR count). The maximum Gasteiger partial charge on any atom is 0.181 e. The fraction of sp³-hybridized carbons (Fsp3) is 0.143. The molecule has 0 radical (unpaired) electrons. The summed E-state index contributed by atoms with van der Waals surface area (Å²) in [5.74, 6) is 0.0508. The molecule has 1 unspecified atom stereocenters. The van der Waals surface area contributed by atoms with E-state index >= 15 is 0 Å². The Morgan fingerprint density at radius 3 is 2.75 bits per heavy atom. The van der Waals surface area contributed by atoms with Crippen molar-refractivity contribution in [3.63, 3.8) is 0 Å². The summed E-state index contributed by atoms with van der Waals surface area (Å²) < 4.78 is 25.1. The van der Waals surface area contributed by atoms with Gasteiger partial charge in [-0.15, -0.1) is 0 Å². The zero-order valence-electron chi connectivity index (χ0n) is 10.3. The van der Waals surface area contributed by atoms with Crippen molar-refractivity contribution < 1.29 is 8.42 Å². The van der Waals surface area contributed by atoms with Gasteiger partial charge in [-0.3, -0.25) is 0 Å². The van der Waals surface area contributed by atoms with Crippen LogP contribution < -0.4 is 5.32 Å². The number of sulfone groups is 1. The molecule has 1 heterocycles. The topological polar surface area (TPSA) is 46.2 Å². The summed E-state index contributed by atoms with van der Waals surface area (Å²) in [7, 11) is -3.22. The monoisotopic (exact) mass is 371 g/mol. The van der Waals surface area contributed by atoms with Crippen molar-refractivity contribution in [3.8, 4) is 0 Å². The number of hydrogen-bond acceptors (Lipinski definition) is 3. The third-order valence-corrected chi connectivity index (χ3v) is 5.91. The van der Waals surface area contributed by atoms with Crippen LogP contribution in [0.4, 0.5) is 5.69 Å². The number of fused-ring (bicyclic) bond motifs is 1. The fourth-order valence-electron chi connectivity index (χ4n) is 2.37. The Labute approximate surface area is 131 Å². The van der Waals surface area contributed by atoms with E-state index in [9.17, 15) is 8.42 Å². The highest BCUT2D eigenvalue weighted by molar-refractivity contribution is 9.10. The smallest absolute Gasteiger partial charge is 0.181 e. The lowest BCUT2D eigenvalue weighted by Crippen LogP contribution is -2.13. The van der Waals surface area contributed by atoms with Gasteiger partial charge in [0.15, 0.2) is 9.84 Å². The molecule has 1 atom stereocenters. The predicted octanol–water partition coefficient (Wildman–Crippen LogP) is 4.04. The molecular formula is C14H11BrClNO2S. The minimum absolute atomic E-state index is 0.0508. The first-order valence-corrected chi connectivity index (χ1v) is 8.83. The molecule has 0 spiro atoms. The molecule has 0 bridgehead atoms. The second-order valence-corrected chi connectivity index (χ2v) is 7.97. The summed E-state index contributed by atoms with van der Waals surface area (Å²) in [5.41, 5.74) is 1.52. The van der Waals surface area contributed by atoms with Crippen LogP contribution in [0, 0.1) is 0 Å². The lowest BCUT2D eigenvalue weighted by Gasteiger charge is -2.15. The number of benzene rings is 2. The van der Waals surface area contributed by atoms with E-state index in [1.54, 1.807) is 18.2 Å². The largest absolute Gasteiger partial charge is 0.376 e. The zero-order valence-corrected chi connectivity index (χ0v) is 13.5. The molecule has 0 aliphatic carbocycles. The van der Waals surface area contributed by atoms with E-state index in [0.29, 0.717) is 9.92 Å². The Morgan fingerprint density at radius 2 is 1.95 bits per heavy atom. The first kappa shape index (κ1) is 13.9. The summed E-state index contributed by atoms with van der Waals surface area (Å²) in [6, 6.07) is 12.2. The van der Waals surface area contributed by atoms with Crippen LogP contribution in [-0.4, -0.2) is 14.2 Å². The van der Waals surface area contributed by atoms with Gasteiger partial charge in [0, 0.05) is 4.47 Å². The summed E-state index contributed by atoms with van der Waals surface area (Å²) in [4.78, 5) is 0.406. The maximum atomic E-state index is 12.1. The van der Waals surface area contributed by atoms with E-state index in [0.717, 1.165) is 15.7 Å². The number of nitrogens with one attached hydrogen (secondary N) is 1. The Hall–Kier alpha value is -1.04. The van der Waals surface area contributed by atoms with Gasteiger partial charge < -0.3 is 5.32 Å². The summed E-state index contributed by atoms with van der Waals surface area (Å²) in [5, 5.41) is 3.79. The van der Waals surface area contributed by atoms with E-state index in [2.05, 4.69) is 21.2 Å². The normalized spacial score (nSPS) is 19.6. The van der Waals surface area contributed by atoms with Gasteiger partial charge in [0.2, 0.25) is 0 Å². The average Bonchev–Trinajstić information content (AvgIpc) is 2.66. The summed E-state index contributed by atoms with van der Waals surface area (Å²) in [6.07, 6.45) is 0. The lowest BCUT2D eigenvalue weighted by atomic mass is 10.1. The molecule has 6 heteroatoms. The molecule has 0 saturated carbocycles. The van der Waals surface area contributed by atoms with Crippen LogP contribution in [-0.2, 0) is 9.84 Å².